The Labute approximate surface area is 231 Å². The molecule has 0 atom stereocenters. The molecule has 8 rings (SSSR count). The number of benzene rings is 4. The van der Waals surface area contributed by atoms with Crippen LogP contribution in [0.2, 0.25) is 0 Å². The zero-order valence-corrected chi connectivity index (χ0v) is 21.6. The molecule has 0 aliphatic heterocycles. The van der Waals surface area contributed by atoms with Crippen LogP contribution in [0.5, 0.6) is 0 Å². The van der Waals surface area contributed by atoms with E-state index in [4.69, 9.17) is 0 Å². The van der Waals surface area contributed by atoms with Crippen molar-refractivity contribution >= 4 is 32.7 Å². The van der Waals surface area contributed by atoms with Gasteiger partial charge in [-0.1, -0.05) is 48.5 Å². The van der Waals surface area contributed by atoms with Gasteiger partial charge in [-0.25, -0.2) is 0 Å². The predicted octanol–water partition coefficient (Wildman–Crippen LogP) is 8.85. The molecule has 4 nitrogen and oxygen atoms in total. The van der Waals surface area contributed by atoms with Crippen LogP contribution < -0.4 is 0 Å². The number of aromatic nitrogens is 4. The van der Waals surface area contributed by atoms with Crippen LogP contribution in [0.15, 0.2) is 146 Å². The average molecular weight is 513 g/mol. The maximum absolute atomic E-state index is 4.37. The molecule has 40 heavy (non-hydrogen) atoms. The van der Waals surface area contributed by atoms with Gasteiger partial charge in [0.2, 0.25) is 0 Å². The lowest BCUT2D eigenvalue weighted by Gasteiger charge is -2.13. The molecule has 0 unspecified atom stereocenters. The lowest BCUT2D eigenvalue weighted by atomic mass is 9.99. The van der Waals surface area contributed by atoms with Gasteiger partial charge in [-0.2, -0.15) is 0 Å². The summed E-state index contributed by atoms with van der Waals surface area (Å²) in [6.07, 6.45) is 9.65. The number of fused-ring (bicyclic) bond motifs is 5. The number of para-hydroxylation sites is 2. The number of hydrogen-bond acceptors (Lipinski definition) is 2. The third kappa shape index (κ3) is 3.54. The van der Waals surface area contributed by atoms with E-state index in [0.717, 1.165) is 33.6 Å². The first-order valence-corrected chi connectivity index (χ1v) is 13.4. The van der Waals surface area contributed by atoms with Gasteiger partial charge in [0.25, 0.3) is 0 Å². The number of hydrogen-bond donors (Lipinski definition) is 0. The van der Waals surface area contributed by atoms with Gasteiger partial charge in [-0.05, 0) is 77.9 Å². The molecule has 0 radical (unpaired) electrons. The summed E-state index contributed by atoms with van der Waals surface area (Å²) in [4.78, 5) is 8.75. The molecule has 0 N–H and O–H groups in total. The minimum absolute atomic E-state index is 1.08. The highest BCUT2D eigenvalue weighted by atomic mass is 15.0. The van der Waals surface area contributed by atoms with Crippen molar-refractivity contribution < 1.29 is 0 Å². The second-order valence-electron chi connectivity index (χ2n) is 10.0. The SMILES string of the molecule is c1ccc(-n2c3ccccc3c3c4ccn(-c5cc(-c6cccnc6)cc(-c6cccnc6)c5)c4ccc32)cc1. The van der Waals surface area contributed by atoms with E-state index in [1.807, 2.05) is 36.9 Å². The van der Waals surface area contributed by atoms with Crippen molar-refractivity contribution in [2.24, 2.45) is 0 Å². The predicted molar refractivity (Wildman–Crippen MR) is 164 cm³/mol. The van der Waals surface area contributed by atoms with Gasteiger partial charge in [-0.3, -0.25) is 9.97 Å². The second-order valence-corrected chi connectivity index (χ2v) is 10.0. The molecule has 0 aliphatic rings. The van der Waals surface area contributed by atoms with E-state index < -0.39 is 0 Å². The normalized spacial score (nSPS) is 11.5. The van der Waals surface area contributed by atoms with Gasteiger partial charge in [0.1, 0.15) is 0 Å². The Morgan fingerprint density at radius 1 is 0.450 bits per heavy atom. The van der Waals surface area contributed by atoms with Crippen molar-refractivity contribution in [3.8, 4) is 33.6 Å². The number of pyridine rings is 2. The lowest BCUT2D eigenvalue weighted by Crippen LogP contribution is -1.95. The van der Waals surface area contributed by atoms with Crippen LogP contribution in [0.25, 0.3) is 66.3 Å². The summed E-state index contributed by atoms with van der Waals surface area (Å²) in [6, 6.07) is 40.9. The summed E-state index contributed by atoms with van der Waals surface area (Å²) in [5, 5.41) is 3.76. The third-order valence-corrected chi connectivity index (χ3v) is 7.71. The Bertz CT molecular complexity index is 2080. The van der Waals surface area contributed by atoms with Gasteiger partial charge in [0.15, 0.2) is 0 Å². The van der Waals surface area contributed by atoms with E-state index in [9.17, 15) is 0 Å². The first-order chi connectivity index (χ1) is 19.8. The van der Waals surface area contributed by atoms with Crippen molar-refractivity contribution in [3.05, 3.63) is 146 Å². The second kappa shape index (κ2) is 9.07. The van der Waals surface area contributed by atoms with Crippen molar-refractivity contribution in [2.45, 2.75) is 0 Å². The van der Waals surface area contributed by atoms with Crippen molar-refractivity contribution in [1.82, 2.24) is 19.1 Å². The van der Waals surface area contributed by atoms with Crippen LogP contribution in [-0.2, 0) is 0 Å². The summed E-state index contributed by atoms with van der Waals surface area (Å²) in [5.41, 5.74) is 10.3. The van der Waals surface area contributed by atoms with Gasteiger partial charge in [0, 0.05) is 69.6 Å². The van der Waals surface area contributed by atoms with Crippen LogP contribution in [0.3, 0.4) is 0 Å². The highest BCUT2D eigenvalue weighted by Gasteiger charge is 2.17. The van der Waals surface area contributed by atoms with E-state index in [1.54, 1.807) is 0 Å². The molecule has 0 fully saturated rings. The summed E-state index contributed by atoms with van der Waals surface area (Å²) < 4.78 is 4.66. The molecule has 4 heteroatoms. The van der Waals surface area contributed by atoms with Gasteiger partial charge in [-0.15, -0.1) is 0 Å². The van der Waals surface area contributed by atoms with Gasteiger partial charge in [0.05, 0.1) is 16.6 Å². The Balaban J connectivity index is 1.39. The highest BCUT2D eigenvalue weighted by molar-refractivity contribution is 6.21. The topological polar surface area (TPSA) is 35.6 Å². The molecule has 4 heterocycles. The zero-order chi connectivity index (χ0) is 26.5. The van der Waals surface area contributed by atoms with Crippen LogP contribution >= 0.6 is 0 Å². The Morgan fingerprint density at radius 3 is 1.80 bits per heavy atom. The minimum Gasteiger partial charge on any atom is -0.316 e. The number of rotatable bonds is 4. The standard InChI is InChI=1S/C36H24N4/c1-2-10-29(11-3-1)40-34-13-5-4-12-31(34)36-32-16-19-39(33(32)14-15-35(36)40)30-21-27(25-8-6-17-37-23-25)20-28(22-30)26-9-7-18-38-24-26/h1-24H. The molecule has 0 amide bonds. The molecule has 4 aromatic carbocycles. The molecule has 188 valence electrons. The highest BCUT2D eigenvalue weighted by Crippen LogP contribution is 2.38. The fourth-order valence-electron chi connectivity index (χ4n) is 5.92. The summed E-state index contributed by atoms with van der Waals surface area (Å²) in [6.45, 7) is 0. The van der Waals surface area contributed by atoms with Crippen LogP contribution in [0.1, 0.15) is 0 Å². The molecule has 0 spiro atoms. The van der Waals surface area contributed by atoms with Crippen LogP contribution in [0, 0.1) is 0 Å². The average Bonchev–Trinajstić information content (AvgIpc) is 3.61. The molecule has 4 aromatic heterocycles. The Morgan fingerprint density at radius 2 is 1.10 bits per heavy atom. The summed E-state index contributed by atoms with van der Waals surface area (Å²) in [5.74, 6) is 0. The van der Waals surface area contributed by atoms with E-state index in [0.29, 0.717) is 0 Å². The first kappa shape index (κ1) is 22.5. The molecule has 0 bridgehead atoms. The largest absolute Gasteiger partial charge is 0.316 e. The maximum Gasteiger partial charge on any atom is 0.0548 e. The minimum atomic E-state index is 1.08. The third-order valence-electron chi connectivity index (χ3n) is 7.71. The summed E-state index contributed by atoms with van der Waals surface area (Å²) >= 11 is 0. The first-order valence-electron chi connectivity index (χ1n) is 13.4. The quantitative estimate of drug-likeness (QED) is 0.236. The van der Waals surface area contributed by atoms with Crippen LogP contribution in [0.4, 0.5) is 0 Å². The van der Waals surface area contributed by atoms with E-state index in [1.165, 1.54) is 32.7 Å². The number of nitrogens with zero attached hydrogens (tertiary/aromatic N) is 4. The van der Waals surface area contributed by atoms with Gasteiger partial charge >= 0.3 is 0 Å². The molecule has 8 aromatic rings. The van der Waals surface area contributed by atoms with Crippen molar-refractivity contribution in [3.63, 3.8) is 0 Å². The molecule has 0 saturated heterocycles. The molecule has 0 saturated carbocycles. The zero-order valence-electron chi connectivity index (χ0n) is 21.6. The monoisotopic (exact) mass is 512 g/mol. The van der Waals surface area contributed by atoms with Crippen molar-refractivity contribution in [1.29, 1.82) is 0 Å². The van der Waals surface area contributed by atoms with Crippen molar-refractivity contribution in [2.75, 3.05) is 0 Å². The molecular formula is C36H24N4. The lowest BCUT2D eigenvalue weighted by molar-refractivity contribution is 1.13. The summed E-state index contributed by atoms with van der Waals surface area (Å²) in [7, 11) is 0. The fourth-order valence-corrected chi connectivity index (χ4v) is 5.92. The van der Waals surface area contributed by atoms with E-state index >= 15 is 0 Å². The molecular weight excluding hydrogens is 488 g/mol. The maximum atomic E-state index is 4.37. The van der Waals surface area contributed by atoms with E-state index in [-0.39, 0.29) is 0 Å². The smallest absolute Gasteiger partial charge is 0.0548 e. The Kier molecular flexibility index (Phi) is 5.10. The van der Waals surface area contributed by atoms with Gasteiger partial charge < -0.3 is 9.13 Å². The Hall–Kier alpha value is -5.48. The fraction of sp³-hybridized carbons (Fsp3) is 0. The van der Waals surface area contributed by atoms with E-state index in [2.05, 4.69) is 128 Å². The van der Waals surface area contributed by atoms with Crippen LogP contribution in [-0.4, -0.2) is 19.1 Å². The molecule has 0 aliphatic carbocycles.